The van der Waals surface area contributed by atoms with E-state index in [1.165, 1.54) is 11.9 Å². The Morgan fingerprint density at radius 2 is 0.763 bits per heavy atom. The van der Waals surface area contributed by atoms with E-state index < -0.39 is 12.2 Å². The second-order valence-corrected chi connectivity index (χ2v) is 30.2. The molecule has 0 aliphatic carbocycles. The SMILES string of the molecule is O=C(Oc1ccc(Cl)cc1)N1CCc2c([nH]c3ccc(Cl)cc23)C1c1ccc(OCCCCn2ccnc2)cc1.O=C(Oc1ccc(Cl)cc1)N1CCc2c([nH]c3ccc(Cl)cc23)C1c1ccc(OCCCCn2cncn2)cc1.O=C(Oc1ccccc1)N1CCc2c([nH]c3ccc(Cl)cc23)C1c1ccc(OCCCCl)cc1. The van der Waals surface area contributed by atoms with Gasteiger partial charge in [-0.15, -0.1) is 11.6 Å². The molecule has 9 aromatic carbocycles. The van der Waals surface area contributed by atoms with Gasteiger partial charge < -0.3 is 47.9 Å². The number of rotatable bonds is 22. The molecule has 0 radical (unpaired) electrons. The van der Waals surface area contributed by atoms with Crippen molar-refractivity contribution in [1.29, 1.82) is 0 Å². The van der Waals surface area contributed by atoms with Gasteiger partial charge >= 0.3 is 18.3 Å². The zero-order valence-corrected chi connectivity index (χ0v) is 66.3. The number of benzene rings is 9. The number of amides is 3. The lowest BCUT2D eigenvalue weighted by atomic mass is 9.92. The van der Waals surface area contributed by atoms with Crippen molar-refractivity contribution >= 4 is 121 Å². The maximum atomic E-state index is 13.5. The molecule has 3 unspecified atom stereocenters. The Bertz CT molecular complexity index is 5340. The summed E-state index contributed by atoms with van der Waals surface area (Å²) in [7, 11) is 0. The summed E-state index contributed by atoms with van der Waals surface area (Å²) in [5, 5.41) is 10.6. The number of fused-ring (bicyclic) bond motifs is 9. The van der Waals surface area contributed by atoms with Gasteiger partial charge in [0.1, 0.15) is 65.3 Å². The van der Waals surface area contributed by atoms with Crippen LogP contribution in [0.4, 0.5) is 14.4 Å². The third-order valence-corrected chi connectivity index (χ3v) is 21.7. The molecule has 14 aromatic rings. The van der Waals surface area contributed by atoms with Gasteiger partial charge in [-0.25, -0.2) is 24.4 Å². The van der Waals surface area contributed by atoms with Gasteiger partial charge in [0.15, 0.2) is 0 Å². The summed E-state index contributed by atoms with van der Waals surface area (Å²) < 4.78 is 38.8. The predicted octanol–water partition coefficient (Wildman–Crippen LogP) is 21.7. The molecule has 3 atom stereocenters. The van der Waals surface area contributed by atoms with Crippen molar-refractivity contribution in [2.75, 3.05) is 45.3 Å². The van der Waals surface area contributed by atoms with Crippen LogP contribution >= 0.6 is 69.6 Å². The van der Waals surface area contributed by atoms with Gasteiger partial charge in [0.2, 0.25) is 0 Å². The molecule has 3 aliphatic rings. The predicted molar refractivity (Wildman–Crippen MR) is 446 cm³/mol. The maximum absolute atomic E-state index is 13.5. The van der Waals surface area contributed by atoms with Crippen molar-refractivity contribution in [3.63, 3.8) is 0 Å². The number of carbonyl (C=O) groups excluding carboxylic acids is 3. The fourth-order valence-electron chi connectivity index (χ4n) is 14.8. The quantitative estimate of drug-likeness (QED) is 0.0427. The molecule has 3 amide bonds. The highest BCUT2D eigenvalue weighted by molar-refractivity contribution is 6.32. The van der Waals surface area contributed by atoms with Crippen LogP contribution in [0.5, 0.6) is 34.5 Å². The highest BCUT2D eigenvalue weighted by Gasteiger charge is 2.39. The van der Waals surface area contributed by atoms with Crippen LogP contribution in [0.1, 0.15) is 101 Å². The average molecular weight is 1650 g/mol. The first-order chi connectivity index (χ1) is 55.7. The van der Waals surface area contributed by atoms with Crippen LogP contribution in [0, 0.1) is 0 Å². The van der Waals surface area contributed by atoms with Gasteiger partial charge in [-0.3, -0.25) is 19.4 Å². The Labute approximate surface area is 688 Å². The highest BCUT2D eigenvalue weighted by atomic mass is 35.5. The van der Waals surface area contributed by atoms with E-state index >= 15 is 0 Å². The number of nitrogens with one attached hydrogen (secondary N) is 3. The summed E-state index contributed by atoms with van der Waals surface area (Å²) in [6.45, 7) is 5.04. The number of carbonyl (C=O) groups is 3. The van der Waals surface area contributed by atoms with Gasteiger partial charge in [0.25, 0.3) is 0 Å². The van der Waals surface area contributed by atoms with E-state index in [9.17, 15) is 14.4 Å². The van der Waals surface area contributed by atoms with E-state index in [1.807, 2.05) is 163 Å². The Kier molecular flexibility index (Phi) is 25.2. The zero-order valence-electron chi connectivity index (χ0n) is 61.8. The lowest BCUT2D eigenvalue weighted by Gasteiger charge is -2.35. The van der Waals surface area contributed by atoms with Crippen LogP contribution < -0.4 is 28.4 Å². The van der Waals surface area contributed by atoms with E-state index in [-0.39, 0.29) is 24.2 Å². The first-order valence-corrected chi connectivity index (χ1v) is 40.1. The van der Waals surface area contributed by atoms with Crippen molar-refractivity contribution in [1.82, 2.24) is 54.0 Å². The van der Waals surface area contributed by atoms with E-state index in [2.05, 4.69) is 34.6 Å². The van der Waals surface area contributed by atoms with Crippen molar-refractivity contribution in [2.24, 2.45) is 0 Å². The normalized spacial score (nSPS) is 14.9. The molecule has 114 heavy (non-hydrogen) atoms. The monoisotopic (exact) mass is 1640 g/mol. The van der Waals surface area contributed by atoms with Crippen LogP contribution in [0.3, 0.4) is 0 Å². The number of halogens is 6. The molecule has 8 heterocycles. The van der Waals surface area contributed by atoms with E-state index in [4.69, 9.17) is 98.0 Å². The number of para-hydroxylation sites is 1. The Morgan fingerprint density at radius 3 is 1.13 bits per heavy atom. The highest BCUT2D eigenvalue weighted by Crippen LogP contribution is 2.44. The van der Waals surface area contributed by atoms with Crippen molar-refractivity contribution in [3.8, 4) is 34.5 Å². The smallest absolute Gasteiger partial charge is 0.416 e. The molecule has 0 saturated carbocycles. The second kappa shape index (κ2) is 36.8. The largest absolute Gasteiger partial charge is 0.494 e. The fraction of sp³-hybridized carbons (Fsp3) is 0.227. The molecule has 26 heteroatoms. The summed E-state index contributed by atoms with van der Waals surface area (Å²) in [6, 6.07) is 62.8. The minimum absolute atomic E-state index is 0.331. The third kappa shape index (κ3) is 18.7. The lowest BCUT2D eigenvalue weighted by Crippen LogP contribution is -2.42. The lowest BCUT2D eigenvalue weighted by molar-refractivity contribution is 0.134. The van der Waals surface area contributed by atoms with Crippen LogP contribution in [0.15, 0.2) is 238 Å². The summed E-state index contributed by atoms with van der Waals surface area (Å²) in [5.74, 6) is 4.30. The number of hydrogen-bond acceptors (Lipinski definition) is 12. The molecule has 0 spiro atoms. The van der Waals surface area contributed by atoms with Gasteiger partial charge in [-0.1, -0.05) is 113 Å². The summed E-state index contributed by atoms with van der Waals surface area (Å²) in [6.07, 6.45) is 14.2. The number of alkyl halides is 1. The molecule has 17 rings (SSSR count). The number of nitrogens with zero attached hydrogens (tertiary/aromatic N) is 8. The summed E-state index contributed by atoms with van der Waals surface area (Å²) >= 11 is 36.7. The number of unbranched alkanes of at least 4 members (excludes halogenated alkanes) is 2. The van der Waals surface area contributed by atoms with Crippen LogP contribution in [-0.4, -0.2) is 118 Å². The van der Waals surface area contributed by atoms with Crippen LogP contribution in [-0.2, 0) is 32.4 Å². The molecule has 0 fully saturated rings. The van der Waals surface area contributed by atoms with Crippen LogP contribution in [0.2, 0.25) is 25.1 Å². The minimum atomic E-state index is -0.428. The molecule has 20 nitrogen and oxygen atoms in total. The van der Waals surface area contributed by atoms with Crippen molar-refractivity contribution in [3.05, 3.63) is 313 Å². The van der Waals surface area contributed by atoms with E-state index in [0.717, 1.165) is 140 Å². The standard InChI is InChI=1S/C31H28Cl2N4O3.C30H27Cl2N5O3.C27H24Cl2N2O3/c32-22-5-10-25(11-6-22)40-31(38)37-16-13-26-27-19-23(33)7-12-28(27)35-29(26)30(37)21-3-8-24(9-4-21)39-18-2-1-15-36-17-14-34-20-36;31-21-5-10-24(11-6-21)40-30(38)37-15-13-25-26-17-22(32)7-12-27(26)35-28(25)29(37)20-3-8-23(9-4-20)39-16-2-1-14-36-19-33-18-34-36;28-14-4-16-33-20-10-7-18(8-11-20)26-25-22(23-17-19(29)9-12-24(23)30-25)13-15-31(26)27(32)34-21-5-2-1-3-6-21/h3-12,14,17,19-20,30,35H,1-2,13,15-16,18H2;3-12,17-19,29,35H,1-2,13-16H2;1-3,5-12,17,26,30H,4,13-16H2. The minimum Gasteiger partial charge on any atom is -0.494 e. The first kappa shape index (κ1) is 78.2. The molecule has 5 aromatic heterocycles. The number of imidazole rings is 1. The van der Waals surface area contributed by atoms with Crippen LogP contribution in [0.25, 0.3) is 32.7 Å². The van der Waals surface area contributed by atoms with Crippen molar-refractivity contribution < 1.29 is 42.8 Å². The Balaban J connectivity index is 0.000000135. The molecule has 3 N–H and O–H groups in total. The average Bonchev–Trinajstić information content (AvgIpc) is 1.61. The molecule has 582 valence electrons. The van der Waals surface area contributed by atoms with E-state index in [0.29, 0.717) is 107 Å². The molecular formula is C88H79Cl6N11O9. The molecule has 3 aliphatic heterocycles. The zero-order chi connectivity index (χ0) is 78.4. The maximum Gasteiger partial charge on any atom is 0.416 e. The van der Waals surface area contributed by atoms with Gasteiger partial charge in [0, 0.05) is 126 Å². The molecule has 0 saturated heterocycles. The van der Waals surface area contributed by atoms with Gasteiger partial charge in [0.05, 0.1) is 26.1 Å². The first-order valence-electron chi connectivity index (χ1n) is 37.7. The van der Waals surface area contributed by atoms with Gasteiger partial charge in [-0.05, 0) is 236 Å². The fourth-order valence-corrected chi connectivity index (χ4v) is 15.7. The number of aromatic amines is 3. The topological polar surface area (TPSA) is 212 Å². The van der Waals surface area contributed by atoms with Crippen molar-refractivity contribution in [2.45, 2.75) is 82.6 Å². The number of ether oxygens (including phenoxy) is 6. The number of hydrogen-bond donors (Lipinski definition) is 3. The van der Waals surface area contributed by atoms with E-state index in [1.54, 1.807) is 87.9 Å². The molecule has 0 bridgehead atoms. The summed E-state index contributed by atoms with van der Waals surface area (Å²) in [5.41, 5.74) is 12.2. The third-order valence-electron chi connectivity index (χ3n) is 20.2. The number of aromatic nitrogens is 8. The molecular weight excluding hydrogens is 1570 g/mol. The number of H-pyrrole nitrogens is 3. The summed E-state index contributed by atoms with van der Waals surface area (Å²) in [4.78, 5) is 64.2. The number of aryl methyl sites for hydroxylation is 2. The second-order valence-electron chi connectivity index (χ2n) is 27.7. The van der Waals surface area contributed by atoms with Gasteiger partial charge in [-0.2, -0.15) is 5.10 Å². The Morgan fingerprint density at radius 1 is 0.395 bits per heavy atom. The Hall–Kier alpha value is -11.1.